The molecule has 112 valence electrons. The topological polar surface area (TPSA) is 73.5 Å². The van der Waals surface area contributed by atoms with Gasteiger partial charge in [-0.05, 0) is 0 Å². The average molecular weight is 306 g/mol. The highest BCUT2D eigenvalue weighted by Gasteiger charge is 2.13. The Hall–Kier alpha value is -1.86. The number of nitrogens with zero attached hydrogens (tertiary/aromatic N) is 3. The van der Waals surface area contributed by atoms with E-state index >= 15 is 0 Å². The van der Waals surface area contributed by atoms with E-state index in [0.717, 1.165) is 38.4 Å². The summed E-state index contributed by atoms with van der Waals surface area (Å²) in [6.45, 7) is 3.78. The first-order valence-electron chi connectivity index (χ1n) is 6.92. The van der Waals surface area contributed by atoms with Gasteiger partial charge in [-0.1, -0.05) is 0 Å². The van der Waals surface area contributed by atoms with Crippen LogP contribution < -0.4 is 15.4 Å². The second-order valence-electron chi connectivity index (χ2n) is 4.75. The third-order valence-corrected chi connectivity index (χ3v) is 4.10. The van der Waals surface area contributed by atoms with Crippen LogP contribution in [0.5, 0.6) is 5.88 Å². The van der Waals surface area contributed by atoms with Crippen LogP contribution in [-0.2, 0) is 11.2 Å². The summed E-state index contributed by atoms with van der Waals surface area (Å²) in [4.78, 5) is 11.7. The highest BCUT2D eigenvalue weighted by Crippen LogP contribution is 2.23. The zero-order chi connectivity index (χ0) is 14.5. The van der Waals surface area contributed by atoms with Gasteiger partial charge in [0.05, 0.1) is 25.3 Å². The predicted octanol–water partition coefficient (Wildman–Crippen LogP) is 1.58. The first-order valence-corrected chi connectivity index (χ1v) is 7.79. The van der Waals surface area contributed by atoms with Crippen molar-refractivity contribution < 1.29 is 9.47 Å². The van der Waals surface area contributed by atoms with E-state index in [4.69, 9.17) is 15.2 Å². The number of hydrogen-bond donors (Lipinski definition) is 1. The molecule has 0 saturated carbocycles. The van der Waals surface area contributed by atoms with Crippen molar-refractivity contribution >= 4 is 22.8 Å². The molecule has 3 heterocycles. The number of aromatic nitrogens is 2. The van der Waals surface area contributed by atoms with Crippen LogP contribution in [0.2, 0.25) is 0 Å². The Kier molecular flexibility index (Phi) is 4.52. The van der Waals surface area contributed by atoms with Crippen LogP contribution in [-0.4, -0.2) is 42.9 Å². The molecule has 0 unspecified atom stereocenters. The SMILES string of the molecule is Nc1cc(N2CCOCC2)cc(OCCc2cncs2)n1. The summed E-state index contributed by atoms with van der Waals surface area (Å²) in [5.74, 6) is 1.05. The van der Waals surface area contributed by atoms with Crippen molar-refractivity contribution in [3.05, 3.63) is 28.7 Å². The van der Waals surface area contributed by atoms with Crippen molar-refractivity contribution in [3.63, 3.8) is 0 Å². The van der Waals surface area contributed by atoms with Gasteiger partial charge < -0.3 is 20.1 Å². The van der Waals surface area contributed by atoms with E-state index in [1.54, 1.807) is 11.3 Å². The number of nitrogen functional groups attached to an aromatic ring is 1. The van der Waals surface area contributed by atoms with Crippen molar-refractivity contribution in [3.8, 4) is 5.88 Å². The smallest absolute Gasteiger partial charge is 0.217 e. The molecular formula is C14H18N4O2S. The van der Waals surface area contributed by atoms with Crippen molar-refractivity contribution in [1.82, 2.24) is 9.97 Å². The fraction of sp³-hybridized carbons (Fsp3) is 0.429. The van der Waals surface area contributed by atoms with Gasteiger partial charge in [0.15, 0.2) is 0 Å². The molecule has 1 saturated heterocycles. The summed E-state index contributed by atoms with van der Waals surface area (Å²) in [7, 11) is 0. The molecule has 2 aromatic rings. The lowest BCUT2D eigenvalue weighted by molar-refractivity contribution is 0.122. The highest BCUT2D eigenvalue weighted by molar-refractivity contribution is 7.09. The lowest BCUT2D eigenvalue weighted by atomic mass is 10.3. The van der Waals surface area contributed by atoms with E-state index in [9.17, 15) is 0 Å². The number of anilines is 2. The molecule has 0 aliphatic carbocycles. The molecule has 1 aliphatic rings. The van der Waals surface area contributed by atoms with Crippen molar-refractivity contribution in [1.29, 1.82) is 0 Å². The minimum absolute atomic E-state index is 0.479. The van der Waals surface area contributed by atoms with Gasteiger partial charge in [0, 0.05) is 48.4 Å². The number of rotatable bonds is 5. The lowest BCUT2D eigenvalue weighted by Crippen LogP contribution is -2.36. The molecule has 1 fully saturated rings. The molecule has 0 radical (unpaired) electrons. The van der Waals surface area contributed by atoms with Gasteiger partial charge in [0.2, 0.25) is 5.88 Å². The molecule has 0 amide bonds. The zero-order valence-electron chi connectivity index (χ0n) is 11.7. The summed E-state index contributed by atoms with van der Waals surface area (Å²) in [6, 6.07) is 3.82. The summed E-state index contributed by atoms with van der Waals surface area (Å²) in [5.41, 5.74) is 8.74. The van der Waals surface area contributed by atoms with Gasteiger partial charge in [0.25, 0.3) is 0 Å². The van der Waals surface area contributed by atoms with Gasteiger partial charge in [-0.2, -0.15) is 4.98 Å². The number of pyridine rings is 1. The molecule has 0 spiro atoms. The molecule has 21 heavy (non-hydrogen) atoms. The van der Waals surface area contributed by atoms with Crippen molar-refractivity contribution in [2.45, 2.75) is 6.42 Å². The Morgan fingerprint density at radius 1 is 1.33 bits per heavy atom. The maximum Gasteiger partial charge on any atom is 0.217 e. The lowest BCUT2D eigenvalue weighted by Gasteiger charge is -2.29. The third-order valence-electron chi connectivity index (χ3n) is 3.26. The Morgan fingerprint density at radius 3 is 2.95 bits per heavy atom. The number of ether oxygens (including phenoxy) is 2. The fourth-order valence-corrected chi connectivity index (χ4v) is 2.79. The Bertz CT molecular complexity index is 570. The van der Waals surface area contributed by atoms with Crippen LogP contribution in [0.4, 0.5) is 11.5 Å². The summed E-state index contributed by atoms with van der Waals surface area (Å²) in [5, 5.41) is 0. The van der Waals surface area contributed by atoms with Crippen molar-refractivity contribution in [2.75, 3.05) is 43.5 Å². The molecule has 1 aliphatic heterocycles. The quantitative estimate of drug-likeness (QED) is 0.904. The van der Waals surface area contributed by atoms with Crippen LogP contribution in [0, 0.1) is 0 Å². The van der Waals surface area contributed by atoms with Crippen LogP contribution >= 0.6 is 11.3 Å². The normalized spacial score (nSPS) is 15.1. The largest absolute Gasteiger partial charge is 0.477 e. The molecule has 2 aromatic heterocycles. The minimum atomic E-state index is 0.479. The van der Waals surface area contributed by atoms with Gasteiger partial charge in [-0.15, -0.1) is 11.3 Å². The van der Waals surface area contributed by atoms with Crippen LogP contribution in [0.15, 0.2) is 23.8 Å². The standard InChI is InChI=1S/C14H18N4O2S/c15-13-7-11(18-2-5-19-6-3-18)8-14(17-13)20-4-1-12-9-16-10-21-12/h7-10H,1-6H2,(H2,15,17). The maximum absolute atomic E-state index is 5.88. The van der Waals surface area contributed by atoms with Gasteiger partial charge in [-0.25, -0.2) is 0 Å². The van der Waals surface area contributed by atoms with Crippen LogP contribution in [0.25, 0.3) is 0 Å². The van der Waals surface area contributed by atoms with E-state index in [2.05, 4.69) is 14.9 Å². The van der Waals surface area contributed by atoms with E-state index in [1.807, 2.05) is 23.8 Å². The molecule has 0 aromatic carbocycles. The Labute approximate surface area is 127 Å². The van der Waals surface area contributed by atoms with Crippen molar-refractivity contribution in [2.24, 2.45) is 0 Å². The number of hydrogen-bond acceptors (Lipinski definition) is 7. The van der Waals surface area contributed by atoms with E-state index in [-0.39, 0.29) is 0 Å². The second kappa shape index (κ2) is 6.73. The highest BCUT2D eigenvalue weighted by atomic mass is 32.1. The molecule has 3 rings (SSSR count). The minimum Gasteiger partial charge on any atom is -0.477 e. The number of nitrogens with two attached hydrogens (primary N) is 1. The second-order valence-corrected chi connectivity index (χ2v) is 5.72. The van der Waals surface area contributed by atoms with Crippen LogP contribution in [0.3, 0.4) is 0 Å². The maximum atomic E-state index is 5.88. The van der Waals surface area contributed by atoms with Gasteiger partial charge in [-0.3, -0.25) is 4.98 Å². The van der Waals surface area contributed by atoms with Crippen LogP contribution in [0.1, 0.15) is 4.88 Å². The summed E-state index contributed by atoms with van der Waals surface area (Å²) in [6.07, 6.45) is 2.69. The van der Waals surface area contributed by atoms with Gasteiger partial charge in [0.1, 0.15) is 5.82 Å². The summed E-state index contributed by atoms with van der Waals surface area (Å²) < 4.78 is 11.1. The molecule has 0 atom stereocenters. The molecule has 6 nitrogen and oxygen atoms in total. The van der Waals surface area contributed by atoms with Gasteiger partial charge >= 0.3 is 0 Å². The Balaban J connectivity index is 1.63. The average Bonchev–Trinajstić information content (AvgIpc) is 3.01. The van der Waals surface area contributed by atoms with E-state index in [0.29, 0.717) is 18.3 Å². The summed E-state index contributed by atoms with van der Waals surface area (Å²) >= 11 is 1.63. The monoisotopic (exact) mass is 306 g/mol. The first-order chi connectivity index (χ1) is 10.3. The molecular weight excluding hydrogens is 288 g/mol. The number of morpholine rings is 1. The number of thiazole rings is 1. The molecule has 7 heteroatoms. The first kappa shape index (κ1) is 14.1. The third kappa shape index (κ3) is 3.83. The van der Waals surface area contributed by atoms with E-state index in [1.165, 1.54) is 4.88 Å². The predicted molar refractivity (Wildman–Crippen MR) is 83.0 cm³/mol. The molecule has 0 bridgehead atoms. The van der Waals surface area contributed by atoms with E-state index < -0.39 is 0 Å². The Morgan fingerprint density at radius 2 is 2.19 bits per heavy atom. The zero-order valence-corrected chi connectivity index (χ0v) is 12.5. The fourth-order valence-electron chi connectivity index (χ4n) is 2.21. The molecule has 2 N–H and O–H groups in total.